The van der Waals surface area contributed by atoms with Crippen molar-refractivity contribution in [1.29, 1.82) is 0 Å². The first-order chi connectivity index (χ1) is 9.84. The predicted octanol–water partition coefficient (Wildman–Crippen LogP) is 0.570. The molecule has 110 valence electrons. The molecule has 0 amide bonds. The van der Waals surface area contributed by atoms with Gasteiger partial charge in [-0.2, -0.15) is 0 Å². The topological polar surface area (TPSA) is 128 Å². The average Bonchev–Trinajstić information content (AvgIpc) is 2.81. The van der Waals surface area contributed by atoms with Gasteiger partial charge in [-0.1, -0.05) is 18.2 Å². The number of nitrogens with one attached hydrogen (secondary N) is 1. The maximum absolute atomic E-state index is 11.8. The molecule has 0 aliphatic carbocycles. The van der Waals surface area contributed by atoms with Crippen LogP contribution in [0.1, 0.15) is 12.0 Å². The summed E-state index contributed by atoms with van der Waals surface area (Å²) in [6, 6.07) is 6.99. The van der Waals surface area contributed by atoms with Gasteiger partial charge in [0.05, 0.1) is 0 Å². The van der Waals surface area contributed by atoms with Crippen molar-refractivity contribution in [2.75, 3.05) is 0 Å². The Bertz CT molecular complexity index is 719. The minimum absolute atomic E-state index is 0.425. The highest BCUT2D eigenvalue weighted by atomic mass is 16.4. The quantitative estimate of drug-likeness (QED) is 0.576. The maximum atomic E-state index is 11.8. The van der Waals surface area contributed by atoms with E-state index in [1.54, 1.807) is 24.3 Å². The lowest BCUT2D eigenvalue weighted by atomic mass is 9.88. The number of ketones is 1. The van der Waals surface area contributed by atoms with Gasteiger partial charge in [0.1, 0.15) is 6.42 Å². The summed E-state index contributed by atoms with van der Waals surface area (Å²) in [5.74, 6) is -4.51. The number of benzene rings is 1. The van der Waals surface area contributed by atoms with Crippen molar-refractivity contribution >= 4 is 28.6 Å². The monoisotopic (exact) mass is 291 g/mol. The highest BCUT2D eigenvalue weighted by Crippen LogP contribution is 2.24. The SMILES string of the molecule is O=C(O)CC(=O)[C@](O)(Cc1c[nH]c2ccccc12)C(=O)O. The summed E-state index contributed by atoms with van der Waals surface area (Å²) >= 11 is 0. The van der Waals surface area contributed by atoms with Gasteiger partial charge in [-0.15, -0.1) is 0 Å². The second-order valence-electron chi connectivity index (χ2n) is 4.70. The van der Waals surface area contributed by atoms with Gasteiger partial charge < -0.3 is 20.3 Å². The lowest BCUT2D eigenvalue weighted by Gasteiger charge is -2.20. The Morgan fingerprint density at radius 1 is 1.14 bits per heavy atom. The summed E-state index contributed by atoms with van der Waals surface area (Å²) in [6.07, 6.45) is -0.0593. The molecule has 4 N–H and O–H groups in total. The Labute approximate surface area is 118 Å². The maximum Gasteiger partial charge on any atom is 0.343 e. The molecule has 0 spiro atoms. The van der Waals surface area contributed by atoms with Crippen molar-refractivity contribution in [3.05, 3.63) is 36.0 Å². The fourth-order valence-corrected chi connectivity index (χ4v) is 2.13. The Kier molecular flexibility index (Phi) is 3.77. The molecule has 0 aliphatic heterocycles. The number of H-pyrrole nitrogens is 1. The molecule has 0 saturated carbocycles. The molecule has 0 radical (unpaired) electrons. The Hall–Kier alpha value is -2.67. The van der Waals surface area contributed by atoms with Crippen molar-refractivity contribution in [2.24, 2.45) is 0 Å². The third-order valence-corrected chi connectivity index (χ3v) is 3.25. The molecule has 21 heavy (non-hydrogen) atoms. The van der Waals surface area contributed by atoms with Gasteiger partial charge in [-0.05, 0) is 11.6 Å². The molecule has 0 saturated heterocycles. The van der Waals surface area contributed by atoms with E-state index in [1.807, 2.05) is 0 Å². The van der Waals surface area contributed by atoms with E-state index < -0.39 is 36.2 Å². The number of hydrogen-bond acceptors (Lipinski definition) is 4. The molecule has 7 nitrogen and oxygen atoms in total. The number of aliphatic hydroxyl groups is 1. The first kappa shape index (κ1) is 14.7. The molecule has 1 heterocycles. The number of carbonyl (C=O) groups excluding carboxylic acids is 1. The number of aromatic nitrogens is 1. The third kappa shape index (κ3) is 2.77. The van der Waals surface area contributed by atoms with E-state index in [0.717, 1.165) is 5.52 Å². The van der Waals surface area contributed by atoms with E-state index in [0.29, 0.717) is 10.9 Å². The number of carbonyl (C=O) groups is 3. The van der Waals surface area contributed by atoms with Gasteiger partial charge in [-0.3, -0.25) is 9.59 Å². The molecular weight excluding hydrogens is 278 g/mol. The second-order valence-corrected chi connectivity index (χ2v) is 4.70. The summed E-state index contributed by atoms with van der Waals surface area (Å²) in [4.78, 5) is 36.5. The van der Waals surface area contributed by atoms with E-state index in [2.05, 4.69) is 4.98 Å². The fourth-order valence-electron chi connectivity index (χ4n) is 2.13. The molecule has 2 rings (SSSR count). The number of rotatable bonds is 6. The lowest BCUT2D eigenvalue weighted by molar-refractivity contribution is -0.166. The largest absolute Gasteiger partial charge is 0.481 e. The van der Waals surface area contributed by atoms with Gasteiger partial charge in [-0.25, -0.2) is 4.79 Å². The van der Waals surface area contributed by atoms with E-state index in [-0.39, 0.29) is 0 Å². The Balaban J connectivity index is 2.38. The minimum Gasteiger partial charge on any atom is -0.481 e. The molecule has 0 fully saturated rings. The zero-order valence-corrected chi connectivity index (χ0v) is 10.9. The Morgan fingerprint density at radius 2 is 1.81 bits per heavy atom. The van der Waals surface area contributed by atoms with Crippen LogP contribution in [-0.4, -0.2) is 43.6 Å². The molecule has 0 unspecified atom stereocenters. The molecule has 7 heteroatoms. The summed E-state index contributed by atoms with van der Waals surface area (Å²) in [5, 5.41) is 28.5. The van der Waals surface area contributed by atoms with Crippen LogP contribution in [-0.2, 0) is 20.8 Å². The van der Waals surface area contributed by atoms with Crippen molar-refractivity contribution in [2.45, 2.75) is 18.4 Å². The van der Waals surface area contributed by atoms with Crippen LogP contribution in [0.15, 0.2) is 30.5 Å². The summed E-state index contributed by atoms with van der Waals surface area (Å²) in [5.41, 5.74) is -1.61. The summed E-state index contributed by atoms with van der Waals surface area (Å²) < 4.78 is 0. The molecule has 1 aromatic heterocycles. The molecule has 1 aromatic carbocycles. The number of carboxylic acids is 2. The van der Waals surface area contributed by atoms with Crippen molar-refractivity contribution in [1.82, 2.24) is 4.98 Å². The number of para-hydroxylation sites is 1. The van der Waals surface area contributed by atoms with Gasteiger partial charge >= 0.3 is 11.9 Å². The van der Waals surface area contributed by atoms with E-state index in [4.69, 9.17) is 10.2 Å². The predicted molar refractivity (Wildman–Crippen MR) is 71.8 cm³/mol. The van der Waals surface area contributed by atoms with Crippen molar-refractivity contribution < 1.29 is 29.7 Å². The fraction of sp³-hybridized carbons (Fsp3) is 0.214. The number of Topliss-reactive ketones (excluding diaryl/α,β-unsaturated/α-hetero) is 1. The standard InChI is InChI=1S/C14H13NO6/c16-11(5-12(17)18)14(21,13(19)20)6-8-7-15-10-4-2-1-3-9(8)10/h1-4,7,15,21H,5-6H2,(H,17,18)(H,19,20)/t14-/m1/s1. The normalized spacial score (nSPS) is 13.8. The summed E-state index contributed by atoms with van der Waals surface area (Å²) in [7, 11) is 0. The minimum atomic E-state index is -2.76. The number of carboxylic acid groups (broad SMARTS) is 2. The molecule has 0 bridgehead atoms. The first-order valence-electron chi connectivity index (χ1n) is 6.10. The van der Waals surface area contributed by atoms with Crippen molar-refractivity contribution in [3.63, 3.8) is 0 Å². The molecular formula is C14H13NO6. The van der Waals surface area contributed by atoms with Crippen LogP contribution in [0.4, 0.5) is 0 Å². The number of hydrogen-bond donors (Lipinski definition) is 4. The van der Waals surface area contributed by atoms with Gasteiger partial charge in [0.15, 0.2) is 5.78 Å². The Morgan fingerprint density at radius 3 is 2.43 bits per heavy atom. The number of fused-ring (bicyclic) bond motifs is 1. The highest BCUT2D eigenvalue weighted by Gasteiger charge is 2.45. The lowest BCUT2D eigenvalue weighted by Crippen LogP contribution is -2.49. The average molecular weight is 291 g/mol. The number of aliphatic carboxylic acids is 2. The van der Waals surface area contributed by atoms with E-state index >= 15 is 0 Å². The van der Waals surface area contributed by atoms with Gasteiger partial charge in [0.2, 0.25) is 5.60 Å². The van der Waals surface area contributed by atoms with Crippen LogP contribution in [0.3, 0.4) is 0 Å². The molecule has 1 atom stereocenters. The van der Waals surface area contributed by atoms with Crippen LogP contribution < -0.4 is 0 Å². The zero-order valence-electron chi connectivity index (χ0n) is 10.9. The highest BCUT2D eigenvalue weighted by molar-refractivity contribution is 6.12. The second kappa shape index (κ2) is 5.37. The van der Waals surface area contributed by atoms with Crippen LogP contribution in [0, 0.1) is 0 Å². The smallest absolute Gasteiger partial charge is 0.343 e. The van der Waals surface area contributed by atoms with Gasteiger partial charge in [0, 0.05) is 23.5 Å². The first-order valence-corrected chi connectivity index (χ1v) is 6.10. The molecule has 0 aliphatic rings. The van der Waals surface area contributed by atoms with Crippen LogP contribution >= 0.6 is 0 Å². The zero-order chi connectivity index (χ0) is 15.6. The van der Waals surface area contributed by atoms with Gasteiger partial charge in [0.25, 0.3) is 0 Å². The number of aromatic amines is 1. The van der Waals surface area contributed by atoms with E-state index in [1.165, 1.54) is 6.20 Å². The van der Waals surface area contributed by atoms with E-state index in [9.17, 15) is 19.5 Å². The van der Waals surface area contributed by atoms with Crippen molar-refractivity contribution in [3.8, 4) is 0 Å². The van der Waals surface area contributed by atoms with Crippen LogP contribution in [0.25, 0.3) is 10.9 Å². The van der Waals surface area contributed by atoms with Crippen LogP contribution in [0.5, 0.6) is 0 Å². The molecule has 2 aromatic rings. The van der Waals surface area contributed by atoms with Crippen LogP contribution in [0.2, 0.25) is 0 Å². The third-order valence-electron chi connectivity index (χ3n) is 3.25. The summed E-state index contributed by atoms with van der Waals surface area (Å²) in [6.45, 7) is 0.